The van der Waals surface area contributed by atoms with Gasteiger partial charge in [-0.05, 0) is 25.0 Å². The van der Waals surface area contributed by atoms with Crippen LogP contribution in [0, 0.1) is 5.92 Å². The highest BCUT2D eigenvalue weighted by Gasteiger charge is 2.16. The van der Waals surface area contributed by atoms with Gasteiger partial charge in [-0.15, -0.1) is 0 Å². The van der Waals surface area contributed by atoms with Crippen molar-refractivity contribution in [3.05, 3.63) is 72.4 Å². The highest BCUT2D eigenvalue weighted by atomic mass is 16.1. The molecule has 0 saturated heterocycles. The van der Waals surface area contributed by atoms with Gasteiger partial charge in [0.05, 0.1) is 11.4 Å². The maximum atomic E-state index is 12.4. The van der Waals surface area contributed by atoms with Gasteiger partial charge in [-0.1, -0.05) is 62.4 Å². The van der Waals surface area contributed by atoms with E-state index in [-0.39, 0.29) is 11.8 Å². The molecule has 0 saturated carbocycles. The van der Waals surface area contributed by atoms with Crippen LogP contribution in [0.5, 0.6) is 0 Å². The second kappa shape index (κ2) is 8.48. The minimum Gasteiger partial charge on any atom is -0.352 e. The molecule has 1 amide bonds. The largest absolute Gasteiger partial charge is 0.352 e. The van der Waals surface area contributed by atoms with Gasteiger partial charge in [0, 0.05) is 29.8 Å². The number of carbonyl (C=O) groups excluding carboxylic acids is 1. The van der Waals surface area contributed by atoms with E-state index < -0.39 is 0 Å². The number of carbonyl (C=O) groups is 1. The van der Waals surface area contributed by atoms with E-state index in [4.69, 9.17) is 5.10 Å². The summed E-state index contributed by atoms with van der Waals surface area (Å²) >= 11 is 0. The molecule has 0 unspecified atom stereocenters. The number of aromatic nitrogens is 2. The predicted octanol–water partition coefficient (Wildman–Crippen LogP) is 4.59. The van der Waals surface area contributed by atoms with Crippen molar-refractivity contribution in [2.75, 3.05) is 0 Å². The lowest BCUT2D eigenvalue weighted by Crippen LogP contribution is -2.29. The molecular weight excluding hydrogens is 322 g/mol. The van der Waals surface area contributed by atoms with Crippen molar-refractivity contribution in [1.82, 2.24) is 15.1 Å². The van der Waals surface area contributed by atoms with Gasteiger partial charge in [-0.3, -0.25) is 4.79 Å². The van der Waals surface area contributed by atoms with Crippen molar-refractivity contribution in [2.45, 2.75) is 33.2 Å². The average molecular weight is 347 g/mol. The van der Waals surface area contributed by atoms with Crippen LogP contribution in [0.25, 0.3) is 16.9 Å². The number of benzene rings is 2. The quantitative estimate of drug-likeness (QED) is 0.679. The molecule has 0 radical (unpaired) electrons. The molecule has 0 fully saturated rings. The number of hydrogen-bond donors (Lipinski definition) is 1. The Hall–Kier alpha value is -2.88. The number of rotatable bonds is 7. The second-order valence-corrected chi connectivity index (χ2v) is 6.38. The normalized spacial score (nSPS) is 10.9. The van der Waals surface area contributed by atoms with Crippen LogP contribution in [0.1, 0.15) is 32.3 Å². The third kappa shape index (κ3) is 4.02. The summed E-state index contributed by atoms with van der Waals surface area (Å²) in [6.45, 7) is 4.58. The summed E-state index contributed by atoms with van der Waals surface area (Å²) < 4.78 is 1.88. The molecule has 1 N–H and O–H groups in total. The lowest BCUT2D eigenvalue weighted by molar-refractivity contribution is -0.125. The van der Waals surface area contributed by atoms with Crippen molar-refractivity contribution in [3.8, 4) is 16.9 Å². The van der Waals surface area contributed by atoms with E-state index >= 15 is 0 Å². The maximum absolute atomic E-state index is 12.4. The molecule has 4 nitrogen and oxygen atoms in total. The Morgan fingerprint density at radius 1 is 1.00 bits per heavy atom. The molecule has 2 aromatic carbocycles. The summed E-state index contributed by atoms with van der Waals surface area (Å²) in [6.07, 6.45) is 3.72. The molecule has 3 rings (SSSR count). The first-order valence-corrected chi connectivity index (χ1v) is 9.20. The molecule has 1 heterocycles. The molecule has 0 aliphatic carbocycles. The van der Waals surface area contributed by atoms with Gasteiger partial charge in [0.1, 0.15) is 0 Å². The number of hydrogen-bond acceptors (Lipinski definition) is 2. The van der Waals surface area contributed by atoms with Crippen LogP contribution >= 0.6 is 0 Å². The summed E-state index contributed by atoms with van der Waals surface area (Å²) in [5.41, 5.74) is 3.97. The van der Waals surface area contributed by atoms with E-state index in [9.17, 15) is 4.79 Å². The fourth-order valence-corrected chi connectivity index (χ4v) is 3.08. The monoisotopic (exact) mass is 347 g/mol. The van der Waals surface area contributed by atoms with E-state index in [1.807, 2.05) is 71.5 Å². The van der Waals surface area contributed by atoms with Crippen LogP contribution < -0.4 is 5.32 Å². The summed E-state index contributed by atoms with van der Waals surface area (Å²) in [6, 6.07) is 20.1. The highest BCUT2D eigenvalue weighted by molar-refractivity contribution is 5.78. The Morgan fingerprint density at radius 3 is 2.23 bits per heavy atom. The van der Waals surface area contributed by atoms with Crippen LogP contribution in [0.4, 0.5) is 0 Å². The van der Waals surface area contributed by atoms with Gasteiger partial charge in [0.25, 0.3) is 0 Å². The lowest BCUT2D eigenvalue weighted by atomic mass is 10.0. The fourth-order valence-electron chi connectivity index (χ4n) is 3.08. The third-order valence-corrected chi connectivity index (χ3v) is 4.67. The lowest BCUT2D eigenvalue weighted by Gasteiger charge is -2.12. The number of nitrogens with zero attached hydrogens (tertiary/aromatic N) is 2. The first-order valence-electron chi connectivity index (χ1n) is 9.20. The summed E-state index contributed by atoms with van der Waals surface area (Å²) in [5, 5.41) is 7.86. The van der Waals surface area contributed by atoms with E-state index in [0.29, 0.717) is 6.54 Å². The van der Waals surface area contributed by atoms with Crippen LogP contribution in [0.3, 0.4) is 0 Å². The zero-order valence-corrected chi connectivity index (χ0v) is 15.4. The molecule has 26 heavy (non-hydrogen) atoms. The van der Waals surface area contributed by atoms with E-state index in [1.54, 1.807) is 0 Å². The van der Waals surface area contributed by atoms with Gasteiger partial charge >= 0.3 is 0 Å². The van der Waals surface area contributed by atoms with Crippen LogP contribution in [0.2, 0.25) is 0 Å². The third-order valence-electron chi connectivity index (χ3n) is 4.67. The van der Waals surface area contributed by atoms with Crippen molar-refractivity contribution < 1.29 is 4.79 Å². The van der Waals surface area contributed by atoms with Gasteiger partial charge in [0.15, 0.2) is 0 Å². The summed E-state index contributed by atoms with van der Waals surface area (Å²) in [5.74, 6) is 0.181. The molecule has 4 heteroatoms. The molecule has 0 spiro atoms. The smallest absolute Gasteiger partial charge is 0.223 e. The Labute approximate surface area is 154 Å². The van der Waals surface area contributed by atoms with Crippen LogP contribution in [-0.2, 0) is 11.3 Å². The Bertz CT molecular complexity index is 836. The van der Waals surface area contributed by atoms with Gasteiger partial charge in [-0.2, -0.15) is 5.10 Å². The highest BCUT2D eigenvalue weighted by Crippen LogP contribution is 2.23. The van der Waals surface area contributed by atoms with E-state index in [1.165, 1.54) is 0 Å². The Balaban J connectivity index is 1.90. The van der Waals surface area contributed by atoms with Crippen LogP contribution in [0.15, 0.2) is 66.9 Å². The zero-order chi connectivity index (χ0) is 18.4. The van der Waals surface area contributed by atoms with Gasteiger partial charge in [0.2, 0.25) is 5.91 Å². The summed E-state index contributed by atoms with van der Waals surface area (Å²) in [7, 11) is 0. The number of amides is 1. The minimum absolute atomic E-state index is 0.0688. The molecule has 0 aliphatic rings. The molecular formula is C22H25N3O. The maximum Gasteiger partial charge on any atom is 0.223 e. The van der Waals surface area contributed by atoms with E-state index in [2.05, 4.69) is 19.2 Å². The molecule has 3 aromatic rings. The minimum atomic E-state index is 0.0688. The fraction of sp³-hybridized carbons (Fsp3) is 0.273. The molecule has 1 aromatic heterocycles. The standard InChI is InChI=1S/C22H25N3O/c1-3-17(4-2)22(26)23-15-19-16-25(20-13-9-6-10-14-20)24-21(19)18-11-7-5-8-12-18/h5-14,16-17H,3-4,15H2,1-2H3,(H,23,26). The topological polar surface area (TPSA) is 46.9 Å². The van der Waals surface area contributed by atoms with Crippen molar-refractivity contribution >= 4 is 5.91 Å². The Morgan fingerprint density at radius 2 is 1.62 bits per heavy atom. The van der Waals surface area contributed by atoms with E-state index in [0.717, 1.165) is 35.3 Å². The molecule has 134 valence electrons. The van der Waals surface area contributed by atoms with Crippen LogP contribution in [-0.4, -0.2) is 15.7 Å². The summed E-state index contributed by atoms with van der Waals surface area (Å²) in [4.78, 5) is 12.4. The molecule has 0 atom stereocenters. The molecule has 0 bridgehead atoms. The predicted molar refractivity (Wildman–Crippen MR) is 105 cm³/mol. The van der Waals surface area contributed by atoms with Crippen molar-refractivity contribution in [2.24, 2.45) is 5.92 Å². The average Bonchev–Trinajstić information content (AvgIpc) is 3.13. The first kappa shape index (κ1) is 17.9. The first-order chi connectivity index (χ1) is 12.7. The second-order valence-electron chi connectivity index (χ2n) is 6.38. The number of nitrogens with one attached hydrogen (secondary N) is 1. The SMILES string of the molecule is CCC(CC)C(=O)NCc1cn(-c2ccccc2)nc1-c1ccccc1. The van der Waals surface area contributed by atoms with Crippen molar-refractivity contribution in [3.63, 3.8) is 0 Å². The molecule has 0 aliphatic heterocycles. The Kier molecular flexibility index (Phi) is 5.84. The van der Waals surface area contributed by atoms with Crippen molar-refractivity contribution in [1.29, 1.82) is 0 Å². The van der Waals surface area contributed by atoms with Gasteiger partial charge in [-0.25, -0.2) is 4.68 Å². The van der Waals surface area contributed by atoms with Gasteiger partial charge < -0.3 is 5.32 Å². The zero-order valence-electron chi connectivity index (χ0n) is 15.4. The number of para-hydroxylation sites is 1.